The zero-order valence-electron chi connectivity index (χ0n) is 12.8. The molecule has 112 valence electrons. The molecule has 0 amide bonds. The minimum Gasteiger partial charge on any atom is -0.493 e. The summed E-state index contributed by atoms with van der Waals surface area (Å²) in [6.45, 7) is 5.04. The molecule has 0 aliphatic heterocycles. The minimum atomic E-state index is 0.789. The summed E-state index contributed by atoms with van der Waals surface area (Å²) < 4.78 is 5.96. The van der Waals surface area contributed by atoms with Crippen molar-refractivity contribution in [3.8, 4) is 5.75 Å². The van der Waals surface area contributed by atoms with E-state index in [1.54, 1.807) is 0 Å². The number of hydrogen-bond acceptors (Lipinski definition) is 2. The van der Waals surface area contributed by atoms with E-state index in [0.717, 1.165) is 44.7 Å². The first-order valence-corrected chi connectivity index (χ1v) is 7.85. The predicted molar refractivity (Wildman–Crippen MR) is 89.0 cm³/mol. The van der Waals surface area contributed by atoms with Gasteiger partial charge in [-0.05, 0) is 43.1 Å². The highest BCUT2D eigenvalue weighted by Gasteiger charge is 2.03. The molecule has 0 aliphatic carbocycles. The maximum absolute atomic E-state index is 5.96. The molecule has 0 atom stereocenters. The number of benzene rings is 2. The molecular weight excluding hydrogens is 258 g/mol. The molecule has 0 saturated heterocycles. The summed E-state index contributed by atoms with van der Waals surface area (Å²) >= 11 is 0. The molecule has 2 aromatic carbocycles. The summed E-state index contributed by atoms with van der Waals surface area (Å²) in [7, 11) is 0. The van der Waals surface area contributed by atoms with E-state index in [9.17, 15) is 0 Å². The fourth-order valence-electron chi connectivity index (χ4n) is 2.32. The van der Waals surface area contributed by atoms with E-state index in [2.05, 4.69) is 60.8 Å². The molecule has 2 heteroatoms. The van der Waals surface area contributed by atoms with E-state index < -0.39 is 0 Å². The van der Waals surface area contributed by atoms with Gasteiger partial charge >= 0.3 is 0 Å². The number of rotatable bonds is 9. The lowest BCUT2D eigenvalue weighted by Crippen LogP contribution is -2.14. The van der Waals surface area contributed by atoms with Crippen LogP contribution in [0, 0.1) is 0 Å². The lowest BCUT2D eigenvalue weighted by atomic mass is 10.0. The molecule has 21 heavy (non-hydrogen) atoms. The van der Waals surface area contributed by atoms with Crippen molar-refractivity contribution < 1.29 is 4.74 Å². The van der Waals surface area contributed by atoms with Crippen LogP contribution in [0.5, 0.6) is 5.75 Å². The molecule has 2 nitrogen and oxygen atoms in total. The van der Waals surface area contributed by atoms with Crippen molar-refractivity contribution in [2.45, 2.75) is 26.2 Å². The molecule has 0 aromatic heterocycles. The monoisotopic (exact) mass is 283 g/mol. The van der Waals surface area contributed by atoms with E-state index in [0.29, 0.717) is 0 Å². The van der Waals surface area contributed by atoms with Crippen molar-refractivity contribution in [1.29, 1.82) is 0 Å². The number of ether oxygens (including phenoxy) is 1. The Bertz CT molecular complexity index is 510. The topological polar surface area (TPSA) is 21.3 Å². The molecule has 0 spiro atoms. The quantitative estimate of drug-likeness (QED) is 0.701. The van der Waals surface area contributed by atoms with Crippen LogP contribution >= 0.6 is 0 Å². The van der Waals surface area contributed by atoms with Crippen molar-refractivity contribution in [3.05, 3.63) is 65.7 Å². The smallest absolute Gasteiger partial charge is 0.122 e. The summed E-state index contributed by atoms with van der Waals surface area (Å²) in [5, 5.41) is 3.34. The van der Waals surface area contributed by atoms with Gasteiger partial charge in [0.05, 0.1) is 6.61 Å². The van der Waals surface area contributed by atoms with Crippen LogP contribution in [-0.2, 0) is 6.42 Å². The zero-order valence-corrected chi connectivity index (χ0v) is 12.8. The van der Waals surface area contributed by atoms with Crippen LogP contribution in [0.25, 0.3) is 0 Å². The summed E-state index contributed by atoms with van der Waals surface area (Å²) in [6, 6.07) is 18.9. The van der Waals surface area contributed by atoms with Gasteiger partial charge in [0.2, 0.25) is 0 Å². The fourth-order valence-corrected chi connectivity index (χ4v) is 2.32. The molecular formula is C19H25NO. The average molecular weight is 283 g/mol. The van der Waals surface area contributed by atoms with Gasteiger partial charge in [-0.3, -0.25) is 0 Å². The first kappa shape index (κ1) is 15.6. The SMILES string of the molecule is CCNCCCCOc1ccccc1Cc1ccccc1. The second kappa shape index (κ2) is 9.19. The van der Waals surface area contributed by atoms with Crippen molar-refractivity contribution in [2.75, 3.05) is 19.7 Å². The van der Waals surface area contributed by atoms with Crippen molar-refractivity contribution >= 4 is 0 Å². The lowest BCUT2D eigenvalue weighted by molar-refractivity contribution is 0.303. The Labute approximate surface area is 128 Å². The molecule has 0 heterocycles. The van der Waals surface area contributed by atoms with E-state index in [1.165, 1.54) is 11.1 Å². The fraction of sp³-hybridized carbons (Fsp3) is 0.368. The van der Waals surface area contributed by atoms with Crippen molar-refractivity contribution in [2.24, 2.45) is 0 Å². The third kappa shape index (κ3) is 5.60. The molecule has 0 unspecified atom stereocenters. The molecule has 0 bridgehead atoms. The second-order valence-corrected chi connectivity index (χ2v) is 5.18. The third-order valence-corrected chi connectivity index (χ3v) is 3.47. The highest BCUT2D eigenvalue weighted by Crippen LogP contribution is 2.21. The van der Waals surface area contributed by atoms with Crippen LogP contribution in [-0.4, -0.2) is 19.7 Å². The first-order chi connectivity index (χ1) is 10.4. The van der Waals surface area contributed by atoms with Crippen LogP contribution in [0.2, 0.25) is 0 Å². The number of unbranched alkanes of at least 4 members (excludes halogenated alkanes) is 1. The van der Waals surface area contributed by atoms with Gasteiger partial charge in [0.15, 0.2) is 0 Å². The number of para-hydroxylation sites is 1. The Kier molecular flexibility index (Phi) is 6.82. The van der Waals surface area contributed by atoms with E-state index in [4.69, 9.17) is 4.74 Å². The highest BCUT2D eigenvalue weighted by molar-refractivity contribution is 5.37. The predicted octanol–water partition coefficient (Wildman–Crippen LogP) is 4.05. The summed E-state index contributed by atoms with van der Waals surface area (Å²) in [6.07, 6.45) is 3.18. The van der Waals surface area contributed by atoms with Crippen LogP contribution in [0.4, 0.5) is 0 Å². The Hall–Kier alpha value is -1.80. The molecule has 1 N–H and O–H groups in total. The number of nitrogens with one attached hydrogen (secondary N) is 1. The van der Waals surface area contributed by atoms with Gasteiger partial charge in [-0.2, -0.15) is 0 Å². The normalized spacial score (nSPS) is 10.5. The third-order valence-electron chi connectivity index (χ3n) is 3.47. The van der Waals surface area contributed by atoms with Crippen LogP contribution in [0.3, 0.4) is 0 Å². The molecule has 0 saturated carbocycles. The minimum absolute atomic E-state index is 0.789. The number of hydrogen-bond donors (Lipinski definition) is 1. The summed E-state index contributed by atoms with van der Waals surface area (Å²) in [5.74, 6) is 1.02. The maximum atomic E-state index is 5.96. The van der Waals surface area contributed by atoms with Gasteiger partial charge < -0.3 is 10.1 Å². The Balaban J connectivity index is 1.85. The van der Waals surface area contributed by atoms with Crippen LogP contribution in [0.1, 0.15) is 30.9 Å². The molecule has 0 aliphatic rings. The largest absolute Gasteiger partial charge is 0.493 e. The van der Waals surface area contributed by atoms with Crippen molar-refractivity contribution in [1.82, 2.24) is 5.32 Å². The van der Waals surface area contributed by atoms with E-state index in [-0.39, 0.29) is 0 Å². The molecule has 0 fully saturated rings. The summed E-state index contributed by atoms with van der Waals surface area (Å²) in [5.41, 5.74) is 2.58. The molecule has 0 radical (unpaired) electrons. The Morgan fingerprint density at radius 3 is 2.48 bits per heavy atom. The van der Waals surface area contributed by atoms with Gasteiger partial charge in [-0.25, -0.2) is 0 Å². The van der Waals surface area contributed by atoms with Crippen molar-refractivity contribution in [3.63, 3.8) is 0 Å². The Morgan fingerprint density at radius 1 is 0.905 bits per heavy atom. The molecule has 2 aromatic rings. The van der Waals surface area contributed by atoms with Gasteiger partial charge in [0.25, 0.3) is 0 Å². The second-order valence-electron chi connectivity index (χ2n) is 5.18. The van der Waals surface area contributed by atoms with Gasteiger partial charge in [-0.15, -0.1) is 0 Å². The highest BCUT2D eigenvalue weighted by atomic mass is 16.5. The average Bonchev–Trinajstić information content (AvgIpc) is 2.53. The standard InChI is InChI=1S/C19H25NO/c1-2-20-14-8-9-15-21-19-13-7-6-12-18(19)16-17-10-4-3-5-11-17/h3-7,10-13,20H,2,8-9,14-16H2,1H3. The van der Waals surface area contributed by atoms with Crippen LogP contribution < -0.4 is 10.1 Å². The van der Waals surface area contributed by atoms with Crippen LogP contribution in [0.15, 0.2) is 54.6 Å². The zero-order chi connectivity index (χ0) is 14.8. The van der Waals surface area contributed by atoms with E-state index in [1.807, 2.05) is 6.07 Å². The first-order valence-electron chi connectivity index (χ1n) is 7.85. The van der Waals surface area contributed by atoms with Gasteiger partial charge in [0.1, 0.15) is 5.75 Å². The molecule has 2 rings (SSSR count). The summed E-state index contributed by atoms with van der Waals surface area (Å²) in [4.78, 5) is 0. The lowest BCUT2D eigenvalue weighted by Gasteiger charge is -2.11. The Morgan fingerprint density at radius 2 is 1.67 bits per heavy atom. The van der Waals surface area contributed by atoms with Gasteiger partial charge in [0, 0.05) is 6.42 Å². The van der Waals surface area contributed by atoms with E-state index >= 15 is 0 Å². The maximum Gasteiger partial charge on any atom is 0.122 e. The van der Waals surface area contributed by atoms with Gasteiger partial charge in [-0.1, -0.05) is 55.5 Å².